The topological polar surface area (TPSA) is 75.7 Å². The third kappa shape index (κ3) is 5.54. The molecule has 6 nitrogen and oxygen atoms in total. The summed E-state index contributed by atoms with van der Waals surface area (Å²) in [6, 6.07) is 14.1. The maximum atomic E-state index is 14.2. The molecule has 0 saturated heterocycles. The molecule has 0 atom stereocenters. The van der Waals surface area contributed by atoms with Crippen LogP contribution in [0.4, 0.5) is 15.8 Å². The van der Waals surface area contributed by atoms with Gasteiger partial charge in [-0.15, -0.1) is 0 Å². The van der Waals surface area contributed by atoms with E-state index in [1.54, 1.807) is 43.3 Å². The van der Waals surface area contributed by atoms with Gasteiger partial charge in [-0.1, -0.05) is 28.1 Å². The second kappa shape index (κ2) is 9.93. The average Bonchev–Trinajstić information content (AvgIpc) is 2.76. The maximum absolute atomic E-state index is 14.2. The Bertz CT molecular complexity index is 1310. The molecule has 0 heterocycles. The molecule has 0 aliphatic carbocycles. The highest BCUT2D eigenvalue weighted by molar-refractivity contribution is 9.10. The number of amides is 1. The monoisotopic (exact) mass is 534 g/mol. The molecule has 0 aliphatic rings. The fraction of sp³-hybridized carbons (Fsp3) is 0.208. The summed E-state index contributed by atoms with van der Waals surface area (Å²) in [7, 11) is -2.82. The first kappa shape index (κ1) is 24.7. The van der Waals surface area contributed by atoms with Gasteiger partial charge in [0, 0.05) is 4.47 Å². The standard InChI is InChI=1S/C24H24BrFN2O4S/c1-15-5-10-22(32-4)23(11-15)33(30,31)28(19-8-6-16(2)17(3)12-19)14-24(29)27-21-9-7-18(25)13-20(21)26/h5-13H,14H2,1-4H3,(H,27,29). The van der Waals surface area contributed by atoms with E-state index < -0.39 is 28.3 Å². The van der Waals surface area contributed by atoms with Crippen LogP contribution in [0.1, 0.15) is 16.7 Å². The van der Waals surface area contributed by atoms with Gasteiger partial charge in [-0.2, -0.15) is 0 Å². The molecule has 9 heteroatoms. The normalized spacial score (nSPS) is 11.2. The summed E-state index contributed by atoms with van der Waals surface area (Å²) in [5.74, 6) is -1.17. The minimum Gasteiger partial charge on any atom is -0.495 e. The zero-order valence-corrected chi connectivity index (χ0v) is 21.1. The molecule has 0 aromatic heterocycles. The number of aryl methyl sites for hydroxylation is 3. The van der Waals surface area contributed by atoms with Crippen LogP contribution in [-0.4, -0.2) is 28.0 Å². The predicted molar refractivity (Wildman–Crippen MR) is 131 cm³/mol. The quantitative estimate of drug-likeness (QED) is 0.442. The number of nitrogens with one attached hydrogen (secondary N) is 1. The van der Waals surface area contributed by atoms with Gasteiger partial charge in [0.05, 0.1) is 18.5 Å². The number of benzene rings is 3. The number of sulfonamides is 1. The van der Waals surface area contributed by atoms with Crippen molar-refractivity contribution in [2.75, 3.05) is 23.3 Å². The van der Waals surface area contributed by atoms with Gasteiger partial charge in [0.15, 0.2) is 0 Å². The summed E-state index contributed by atoms with van der Waals surface area (Å²) in [5, 5.41) is 2.46. The Kier molecular flexibility index (Phi) is 7.44. The lowest BCUT2D eigenvalue weighted by molar-refractivity contribution is -0.114. The summed E-state index contributed by atoms with van der Waals surface area (Å²) in [4.78, 5) is 12.8. The first-order valence-electron chi connectivity index (χ1n) is 10.0. The van der Waals surface area contributed by atoms with Gasteiger partial charge in [-0.25, -0.2) is 12.8 Å². The first-order chi connectivity index (χ1) is 15.5. The lowest BCUT2D eigenvalue weighted by atomic mass is 10.1. The second-order valence-corrected chi connectivity index (χ2v) is 10.4. The summed E-state index contributed by atoms with van der Waals surface area (Å²) >= 11 is 3.17. The third-order valence-electron chi connectivity index (χ3n) is 5.16. The maximum Gasteiger partial charge on any atom is 0.268 e. The molecular weight excluding hydrogens is 511 g/mol. The smallest absolute Gasteiger partial charge is 0.268 e. The van der Waals surface area contributed by atoms with Crippen LogP contribution in [-0.2, 0) is 14.8 Å². The molecule has 1 N–H and O–H groups in total. The number of methoxy groups -OCH3 is 1. The highest BCUT2D eigenvalue weighted by Gasteiger charge is 2.30. The predicted octanol–water partition coefficient (Wildman–Crippen LogP) is 5.36. The molecule has 3 rings (SSSR count). The number of carbonyl (C=O) groups excluding carboxylic acids is 1. The van der Waals surface area contributed by atoms with Crippen LogP contribution < -0.4 is 14.4 Å². The molecule has 0 unspecified atom stereocenters. The van der Waals surface area contributed by atoms with E-state index in [1.807, 2.05) is 13.8 Å². The van der Waals surface area contributed by atoms with E-state index in [0.29, 0.717) is 10.2 Å². The summed E-state index contributed by atoms with van der Waals surface area (Å²) in [6.45, 7) is 4.97. The molecule has 0 saturated carbocycles. The van der Waals surface area contributed by atoms with Crippen molar-refractivity contribution in [3.63, 3.8) is 0 Å². The van der Waals surface area contributed by atoms with Crippen molar-refractivity contribution in [2.24, 2.45) is 0 Å². The number of hydrogen-bond donors (Lipinski definition) is 1. The number of nitrogens with zero attached hydrogens (tertiary/aromatic N) is 1. The molecule has 0 fully saturated rings. The number of hydrogen-bond acceptors (Lipinski definition) is 4. The van der Waals surface area contributed by atoms with Crippen LogP contribution in [0.3, 0.4) is 0 Å². The summed E-state index contributed by atoms with van der Waals surface area (Å²) in [5.41, 5.74) is 2.83. The lowest BCUT2D eigenvalue weighted by Gasteiger charge is -2.26. The van der Waals surface area contributed by atoms with E-state index >= 15 is 0 Å². The molecule has 33 heavy (non-hydrogen) atoms. The number of carbonyl (C=O) groups is 1. The van der Waals surface area contributed by atoms with Crippen LogP contribution in [0.2, 0.25) is 0 Å². The zero-order chi connectivity index (χ0) is 24.3. The van der Waals surface area contributed by atoms with Crippen LogP contribution in [0.25, 0.3) is 0 Å². The molecule has 0 aliphatic heterocycles. The van der Waals surface area contributed by atoms with Crippen molar-refractivity contribution >= 4 is 43.2 Å². The minimum absolute atomic E-state index is 0.0474. The van der Waals surface area contributed by atoms with Gasteiger partial charge in [-0.3, -0.25) is 9.10 Å². The van der Waals surface area contributed by atoms with E-state index in [1.165, 1.54) is 25.3 Å². The summed E-state index contributed by atoms with van der Waals surface area (Å²) in [6.07, 6.45) is 0. The SMILES string of the molecule is COc1ccc(C)cc1S(=O)(=O)N(CC(=O)Nc1ccc(Br)cc1F)c1ccc(C)c(C)c1. The molecule has 174 valence electrons. The van der Waals surface area contributed by atoms with E-state index in [9.17, 15) is 17.6 Å². The largest absolute Gasteiger partial charge is 0.495 e. The fourth-order valence-corrected chi connectivity index (χ4v) is 5.20. The van der Waals surface area contributed by atoms with Crippen molar-refractivity contribution < 1.29 is 22.3 Å². The van der Waals surface area contributed by atoms with Gasteiger partial charge in [0.1, 0.15) is 23.0 Å². The number of rotatable bonds is 7. The van der Waals surface area contributed by atoms with Crippen molar-refractivity contribution in [1.82, 2.24) is 0 Å². The first-order valence-corrected chi connectivity index (χ1v) is 12.3. The van der Waals surface area contributed by atoms with Gasteiger partial charge in [-0.05, 0) is 79.9 Å². The summed E-state index contributed by atoms with van der Waals surface area (Å²) < 4.78 is 48.5. The Morgan fingerprint density at radius 1 is 1.03 bits per heavy atom. The Morgan fingerprint density at radius 2 is 1.76 bits per heavy atom. The van der Waals surface area contributed by atoms with Crippen molar-refractivity contribution in [2.45, 2.75) is 25.7 Å². The third-order valence-corrected chi connectivity index (χ3v) is 7.45. The van der Waals surface area contributed by atoms with Gasteiger partial charge in [0.2, 0.25) is 5.91 Å². The van der Waals surface area contributed by atoms with Crippen molar-refractivity contribution in [1.29, 1.82) is 0 Å². The molecule has 0 bridgehead atoms. The molecule has 3 aromatic rings. The van der Waals surface area contributed by atoms with Crippen LogP contribution in [0.5, 0.6) is 5.75 Å². The fourth-order valence-electron chi connectivity index (χ4n) is 3.21. The molecule has 3 aromatic carbocycles. The van der Waals surface area contributed by atoms with Crippen molar-refractivity contribution in [3.05, 3.63) is 81.6 Å². The number of halogens is 2. The molecule has 1 amide bonds. The lowest BCUT2D eigenvalue weighted by Crippen LogP contribution is -2.38. The van der Waals surface area contributed by atoms with Gasteiger partial charge in [0.25, 0.3) is 10.0 Å². The average molecular weight is 535 g/mol. The second-order valence-electron chi connectivity index (χ2n) is 7.61. The Balaban J connectivity index is 2.05. The molecule has 0 spiro atoms. The number of anilines is 2. The van der Waals surface area contributed by atoms with Crippen LogP contribution >= 0.6 is 15.9 Å². The highest BCUT2D eigenvalue weighted by atomic mass is 79.9. The molecule has 0 radical (unpaired) electrons. The highest BCUT2D eigenvalue weighted by Crippen LogP contribution is 2.32. The van der Waals surface area contributed by atoms with E-state index in [2.05, 4.69) is 21.2 Å². The van der Waals surface area contributed by atoms with Crippen LogP contribution in [0, 0.1) is 26.6 Å². The zero-order valence-electron chi connectivity index (χ0n) is 18.6. The minimum atomic E-state index is -4.21. The molecular formula is C24H24BrFN2O4S. The Morgan fingerprint density at radius 3 is 2.39 bits per heavy atom. The number of ether oxygens (including phenoxy) is 1. The Hall–Kier alpha value is -2.91. The van der Waals surface area contributed by atoms with E-state index in [4.69, 9.17) is 4.74 Å². The van der Waals surface area contributed by atoms with Gasteiger partial charge < -0.3 is 10.1 Å². The van der Waals surface area contributed by atoms with Crippen molar-refractivity contribution in [3.8, 4) is 5.75 Å². The Labute approximate surface area is 201 Å². The van der Waals surface area contributed by atoms with E-state index in [-0.39, 0.29) is 16.3 Å². The van der Waals surface area contributed by atoms with Crippen LogP contribution in [0.15, 0.2) is 64.0 Å². The van der Waals surface area contributed by atoms with Gasteiger partial charge >= 0.3 is 0 Å². The van der Waals surface area contributed by atoms with E-state index in [0.717, 1.165) is 21.0 Å².